The Kier molecular flexibility index (Phi) is 5.16. The van der Waals surface area contributed by atoms with Gasteiger partial charge in [-0.2, -0.15) is 0 Å². The van der Waals surface area contributed by atoms with Crippen molar-refractivity contribution >= 4 is 11.8 Å². The van der Waals surface area contributed by atoms with Crippen LogP contribution in [-0.4, -0.2) is 39.2 Å². The molecule has 11 nitrogen and oxygen atoms in total. The highest BCUT2D eigenvalue weighted by molar-refractivity contribution is 5.92. The fourth-order valence-electron chi connectivity index (χ4n) is 1.08. The second kappa shape index (κ2) is 5.93. The molecule has 0 aromatic carbocycles. The number of carboxylic acids is 1. The summed E-state index contributed by atoms with van der Waals surface area (Å²) >= 11 is 0. The highest BCUT2D eigenvalue weighted by atomic mass is 17.0. The molecule has 108 valence electrons. The monoisotopic (exact) mass is 280 g/mol. The number of hydrogen-bond acceptors (Lipinski definition) is 8. The van der Waals surface area contributed by atoms with Crippen LogP contribution in [0.3, 0.4) is 0 Å². The first-order valence-corrected chi connectivity index (χ1v) is 4.86. The smallest absolute Gasteiger partial charge is 0.335 e. The maximum Gasteiger partial charge on any atom is 0.335 e. The summed E-state index contributed by atoms with van der Waals surface area (Å²) in [5.74, 6) is -2.94. The second-order valence-corrected chi connectivity index (χ2v) is 4.45. The summed E-state index contributed by atoms with van der Waals surface area (Å²) in [4.78, 5) is 50.8. The fraction of sp³-hybridized carbons (Fsp3) is 0.750. The molecule has 0 fully saturated rings. The molecule has 0 saturated heterocycles. The van der Waals surface area contributed by atoms with Gasteiger partial charge in [-0.25, -0.2) is 4.79 Å². The van der Waals surface area contributed by atoms with E-state index >= 15 is 0 Å². The van der Waals surface area contributed by atoms with Crippen LogP contribution in [0.5, 0.6) is 0 Å². The molecule has 0 aliphatic carbocycles. The number of nitrogens with zero attached hydrogens (tertiary/aromatic N) is 2. The lowest BCUT2D eigenvalue weighted by molar-refractivity contribution is -0.792. The molecule has 0 amide bonds. The van der Waals surface area contributed by atoms with Crippen molar-refractivity contribution in [2.45, 2.75) is 33.0 Å². The summed E-state index contributed by atoms with van der Waals surface area (Å²) in [5, 5.41) is 26.3. The van der Waals surface area contributed by atoms with Gasteiger partial charge < -0.3 is 5.11 Å². The van der Waals surface area contributed by atoms with Gasteiger partial charge in [0.1, 0.15) is 0 Å². The van der Waals surface area contributed by atoms with Crippen molar-refractivity contribution in [1.82, 2.24) is 0 Å². The van der Waals surface area contributed by atoms with Crippen LogP contribution in [-0.2, 0) is 19.3 Å². The van der Waals surface area contributed by atoms with E-state index in [2.05, 4.69) is 9.68 Å². The van der Waals surface area contributed by atoms with Crippen LogP contribution in [0.15, 0.2) is 0 Å². The van der Waals surface area contributed by atoms with E-state index in [1.54, 1.807) is 0 Å². The van der Waals surface area contributed by atoms with Gasteiger partial charge in [0, 0.05) is 5.41 Å². The Labute approximate surface area is 106 Å². The average molecular weight is 280 g/mol. The highest BCUT2D eigenvalue weighted by Gasteiger charge is 2.44. The van der Waals surface area contributed by atoms with E-state index in [0.29, 0.717) is 0 Å². The van der Waals surface area contributed by atoms with Crippen LogP contribution in [0.1, 0.15) is 20.8 Å². The molecule has 0 saturated carbocycles. The van der Waals surface area contributed by atoms with Crippen LogP contribution < -0.4 is 0 Å². The summed E-state index contributed by atoms with van der Waals surface area (Å²) in [6.45, 7) is 4.03. The van der Waals surface area contributed by atoms with Gasteiger partial charge in [-0.05, 0) is 0 Å². The zero-order chi connectivity index (χ0) is 15.4. The summed E-state index contributed by atoms with van der Waals surface area (Å²) in [6, 6.07) is 0. The maximum atomic E-state index is 11.8. The van der Waals surface area contributed by atoms with Crippen molar-refractivity contribution in [1.29, 1.82) is 0 Å². The number of carbonyl (C=O) groups excluding carboxylic acids is 1. The van der Waals surface area contributed by atoms with Gasteiger partial charge in [0.25, 0.3) is 10.2 Å². The molecule has 0 rings (SSSR count). The Morgan fingerprint density at radius 1 is 1.05 bits per heavy atom. The number of aliphatic carboxylic acids is 1. The van der Waals surface area contributed by atoms with Gasteiger partial charge in [-0.1, -0.05) is 20.8 Å². The Balaban J connectivity index is 5.41. The quantitative estimate of drug-likeness (QED) is 0.493. The molecule has 19 heavy (non-hydrogen) atoms. The van der Waals surface area contributed by atoms with Crippen LogP contribution in [0.4, 0.5) is 0 Å². The number of hydrogen-bond donors (Lipinski definition) is 1. The number of Topliss-reactive ketones (excluding diaryl/α,β-unsaturated/α-hetero) is 1. The maximum absolute atomic E-state index is 11.8. The molecular weight excluding hydrogens is 268 g/mol. The molecule has 0 aromatic heterocycles. The molecule has 2 unspecified atom stereocenters. The van der Waals surface area contributed by atoms with Crippen molar-refractivity contribution in [2.24, 2.45) is 5.41 Å². The molecule has 0 radical (unpaired) electrons. The third-order valence-electron chi connectivity index (χ3n) is 1.92. The Morgan fingerprint density at radius 3 is 1.68 bits per heavy atom. The minimum Gasteiger partial charge on any atom is -0.480 e. The third-order valence-corrected chi connectivity index (χ3v) is 1.92. The van der Waals surface area contributed by atoms with Crippen LogP contribution in [0.25, 0.3) is 0 Å². The SMILES string of the molecule is CC(C)(C)C(=O)C(O[N+](=O)[O-])C(O[N+](=O)[O-])C(=O)O. The van der Waals surface area contributed by atoms with E-state index in [-0.39, 0.29) is 0 Å². The van der Waals surface area contributed by atoms with E-state index in [1.165, 1.54) is 20.8 Å². The van der Waals surface area contributed by atoms with Gasteiger partial charge >= 0.3 is 5.97 Å². The molecule has 0 bridgehead atoms. The Hall–Kier alpha value is -2.46. The van der Waals surface area contributed by atoms with Gasteiger partial charge in [0.2, 0.25) is 12.2 Å². The number of carboxylic acid groups (broad SMARTS) is 1. The van der Waals surface area contributed by atoms with E-state index in [4.69, 9.17) is 5.11 Å². The highest BCUT2D eigenvalue weighted by Crippen LogP contribution is 2.21. The molecular formula is C8H12N2O9. The zero-order valence-corrected chi connectivity index (χ0v) is 10.3. The van der Waals surface area contributed by atoms with Crippen LogP contribution in [0, 0.1) is 25.6 Å². The van der Waals surface area contributed by atoms with Crippen molar-refractivity contribution in [3.05, 3.63) is 20.2 Å². The van der Waals surface area contributed by atoms with Gasteiger partial charge in [0.15, 0.2) is 5.78 Å². The van der Waals surface area contributed by atoms with Crippen LogP contribution >= 0.6 is 0 Å². The fourth-order valence-corrected chi connectivity index (χ4v) is 1.08. The van der Waals surface area contributed by atoms with E-state index in [1.807, 2.05) is 0 Å². The molecule has 0 aromatic rings. The summed E-state index contributed by atoms with van der Waals surface area (Å²) in [6.07, 6.45) is -4.66. The normalized spacial score (nSPS) is 14.1. The third kappa shape index (κ3) is 5.14. The average Bonchev–Trinajstić information content (AvgIpc) is 2.19. The lowest BCUT2D eigenvalue weighted by atomic mass is 9.86. The molecule has 2 atom stereocenters. The van der Waals surface area contributed by atoms with Crippen molar-refractivity contribution in [3.8, 4) is 0 Å². The van der Waals surface area contributed by atoms with E-state index in [9.17, 15) is 29.8 Å². The molecule has 1 N–H and O–H groups in total. The molecule has 0 aliphatic rings. The minimum atomic E-state index is -2.42. The Bertz CT molecular complexity index is 400. The number of carbonyl (C=O) groups is 2. The van der Waals surface area contributed by atoms with Crippen molar-refractivity contribution in [3.63, 3.8) is 0 Å². The van der Waals surface area contributed by atoms with E-state index < -0.39 is 39.5 Å². The lowest BCUT2D eigenvalue weighted by Crippen LogP contribution is -2.49. The molecule has 11 heteroatoms. The first-order valence-electron chi connectivity index (χ1n) is 4.86. The molecule has 0 spiro atoms. The summed E-state index contributed by atoms with van der Waals surface area (Å²) < 4.78 is 0. The summed E-state index contributed by atoms with van der Waals surface area (Å²) in [5.41, 5.74) is -1.21. The number of ketones is 1. The predicted molar refractivity (Wildman–Crippen MR) is 55.8 cm³/mol. The minimum absolute atomic E-state index is 1.02. The van der Waals surface area contributed by atoms with Gasteiger partial charge in [-0.15, -0.1) is 20.2 Å². The van der Waals surface area contributed by atoms with Gasteiger partial charge in [0.05, 0.1) is 0 Å². The zero-order valence-electron chi connectivity index (χ0n) is 10.3. The first kappa shape index (κ1) is 16.5. The Morgan fingerprint density at radius 2 is 1.42 bits per heavy atom. The standard InChI is InChI=1S/C8H12N2O9/c1-8(2,3)6(11)4(18-9(14)15)5(7(12)13)19-10(16)17/h4-5H,1-3H3,(H,12,13). The van der Waals surface area contributed by atoms with Crippen LogP contribution in [0.2, 0.25) is 0 Å². The first-order chi connectivity index (χ1) is 8.46. The van der Waals surface area contributed by atoms with Gasteiger partial charge in [-0.3, -0.25) is 14.5 Å². The molecule has 0 heterocycles. The lowest BCUT2D eigenvalue weighted by Gasteiger charge is -2.25. The molecule has 0 aliphatic heterocycles. The largest absolute Gasteiger partial charge is 0.480 e. The van der Waals surface area contributed by atoms with Crippen molar-refractivity contribution in [2.75, 3.05) is 0 Å². The number of rotatable bonds is 7. The topological polar surface area (TPSA) is 159 Å². The predicted octanol–water partition coefficient (Wildman–Crippen LogP) is -0.160. The second-order valence-electron chi connectivity index (χ2n) is 4.45. The van der Waals surface area contributed by atoms with E-state index in [0.717, 1.165) is 0 Å². The summed E-state index contributed by atoms with van der Waals surface area (Å²) in [7, 11) is 0. The van der Waals surface area contributed by atoms with Crippen molar-refractivity contribution < 1.29 is 34.5 Å².